The van der Waals surface area contributed by atoms with Gasteiger partial charge in [-0.15, -0.1) is 0 Å². The fraction of sp³-hybridized carbons (Fsp3) is 0.200. The van der Waals surface area contributed by atoms with Crippen LogP contribution in [0.4, 0.5) is 0 Å². The maximum absolute atomic E-state index is 6.22. The summed E-state index contributed by atoms with van der Waals surface area (Å²) >= 11 is 12.2. The molecule has 4 heteroatoms. The molecule has 3 aromatic rings. The van der Waals surface area contributed by atoms with Crippen molar-refractivity contribution in [3.05, 3.63) is 75.8 Å². The fourth-order valence-corrected chi connectivity index (χ4v) is 3.35. The van der Waals surface area contributed by atoms with Gasteiger partial charge < -0.3 is 10.1 Å². The first-order chi connectivity index (χ1) is 11.7. The van der Waals surface area contributed by atoms with Crippen LogP contribution in [0.15, 0.2) is 54.6 Å². The van der Waals surface area contributed by atoms with Crippen molar-refractivity contribution < 1.29 is 4.74 Å². The summed E-state index contributed by atoms with van der Waals surface area (Å²) in [5.74, 6) is 0.908. The molecule has 0 aliphatic heterocycles. The number of halogens is 2. The average Bonchev–Trinajstić information content (AvgIpc) is 2.60. The molecule has 0 fully saturated rings. The van der Waals surface area contributed by atoms with E-state index in [9.17, 15) is 0 Å². The highest BCUT2D eigenvalue weighted by molar-refractivity contribution is 6.35. The molecule has 124 valence electrons. The number of methoxy groups -OCH3 is 1. The van der Waals surface area contributed by atoms with Crippen LogP contribution in [0.5, 0.6) is 5.75 Å². The standard InChI is InChI=1S/C20H19Cl2NO/c1-24-20-9-7-14-4-2-3-5-17(14)18(20)13-23-11-10-15-6-8-16(21)12-19(15)22/h2-9,12,23H,10-11,13H2,1H3. The molecule has 0 atom stereocenters. The number of hydrogen-bond donors (Lipinski definition) is 1. The van der Waals surface area contributed by atoms with Crippen molar-refractivity contribution >= 4 is 34.0 Å². The van der Waals surface area contributed by atoms with Crippen molar-refractivity contribution in [2.24, 2.45) is 0 Å². The van der Waals surface area contributed by atoms with Gasteiger partial charge in [-0.05, 0) is 47.5 Å². The van der Waals surface area contributed by atoms with E-state index in [1.165, 1.54) is 16.3 Å². The van der Waals surface area contributed by atoms with E-state index in [0.29, 0.717) is 10.0 Å². The van der Waals surface area contributed by atoms with Crippen LogP contribution in [0.2, 0.25) is 10.0 Å². The van der Waals surface area contributed by atoms with Crippen LogP contribution in [0, 0.1) is 0 Å². The molecule has 24 heavy (non-hydrogen) atoms. The maximum atomic E-state index is 6.22. The van der Waals surface area contributed by atoms with Crippen LogP contribution in [0.25, 0.3) is 10.8 Å². The summed E-state index contributed by atoms with van der Waals surface area (Å²) in [6, 6.07) is 18.1. The lowest BCUT2D eigenvalue weighted by atomic mass is 10.0. The average molecular weight is 360 g/mol. The third kappa shape index (κ3) is 3.84. The lowest BCUT2D eigenvalue weighted by molar-refractivity contribution is 0.409. The second-order valence-electron chi connectivity index (χ2n) is 5.63. The van der Waals surface area contributed by atoms with Gasteiger partial charge in [-0.25, -0.2) is 0 Å². The number of hydrogen-bond acceptors (Lipinski definition) is 2. The Hall–Kier alpha value is -1.74. The van der Waals surface area contributed by atoms with Gasteiger partial charge in [0.25, 0.3) is 0 Å². The second-order valence-corrected chi connectivity index (χ2v) is 6.47. The minimum absolute atomic E-state index is 0.664. The van der Waals surface area contributed by atoms with Crippen LogP contribution in [0.3, 0.4) is 0 Å². The Morgan fingerprint density at radius 3 is 2.62 bits per heavy atom. The summed E-state index contributed by atoms with van der Waals surface area (Å²) in [4.78, 5) is 0. The predicted octanol–water partition coefficient (Wildman–Crippen LogP) is 5.49. The minimum Gasteiger partial charge on any atom is -0.496 e. The molecule has 0 spiro atoms. The molecule has 0 bridgehead atoms. The van der Waals surface area contributed by atoms with Crippen molar-refractivity contribution in [1.29, 1.82) is 0 Å². The van der Waals surface area contributed by atoms with E-state index in [2.05, 4.69) is 35.6 Å². The van der Waals surface area contributed by atoms with Gasteiger partial charge in [0, 0.05) is 22.2 Å². The fourth-order valence-electron chi connectivity index (χ4n) is 2.85. The van der Waals surface area contributed by atoms with Gasteiger partial charge in [-0.2, -0.15) is 0 Å². The van der Waals surface area contributed by atoms with Gasteiger partial charge in [0.2, 0.25) is 0 Å². The lowest BCUT2D eigenvalue weighted by Gasteiger charge is -2.13. The molecule has 0 heterocycles. The van der Waals surface area contributed by atoms with Gasteiger partial charge in [0.1, 0.15) is 5.75 Å². The Morgan fingerprint density at radius 1 is 1.00 bits per heavy atom. The van der Waals surface area contributed by atoms with E-state index in [4.69, 9.17) is 27.9 Å². The van der Waals surface area contributed by atoms with Crippen LogP contribution in [0.1, 0.15) is 11.1 Å². The molecule has 3 aromatic carbocycles. The molecular formula is C20H19Cl2NO. The summed E-state index contributed by atoms with van der Waals surface area (Å²) in [7, 11) is 1.71. The first-order valence-corrected chi connectivity index (χ1v) is 8.64. The summed E-state index contributed by atoms with van der Waals surface area (Å²) in [6.45, 7) is 1.57. The summed E-state index contributed by atoms with van der Waals surface area (Å²) in [5.41, 5.74) is 2.27. The molecule has 2 nitrogen and oxygen atoms in total. The normalized spacial score (nSPS) is 11.0. The van der Waals surface area contributed by atoms with Gasteiger partial charge in [-0.1, -0.05) is 59.6 Å². The van der Waals surface area contributed by atoms with Gasteiger partial charge >= 0.3 is 0 Å². The second kappa shape index (κ2) is 7.89. The van der Waals surface area contributed by atoms with Crippen molar-refractivity contribution in [3.63, 3.8) is 0 Å². The molecule has 0 radical (unpaired) electrons. The monoisotopic (exact) mass is 359 g/mol. The van der Waals surface area contributed by atoms with Crippen molar-refractivity contribution in [3.8, 4) is 5.75 Å². The molecule has 0 aromatic heterocycles. The number of fused-ring (bicyclic) bond motifs is 1. The van der Waals surface area contributed by atoms with E-state index in [-0.39, 0.29) is 0 Å². The molecule has 0 aliphatic rings. The van der Waals surface area contributed by atoms with Gasteiger partial charge in [0.05, 0.1) is 7.11 Å². The number of rotatable bonds is 6. The zero-order chi connectivity index (χ0) is 16.9. The van der Waals surface area contributed by atoms with E-state index >= 15 is 0 Å². The lowest BCUT2D eigenvalue weighted by Crippen LogP contribution is -2.17. The van der Waals surface area contributed by atoms with Gasteiger partial charge in [0.15, 0.2) is 0 Å². The third-order valence-electron chi connectivity index (χ3n) is 4.11. The molecule has 0 unspecified atom stereocenters. The maximum Gasteiger partial charge on any atom is 0.123 e. The minimum atomic E-state index is 0.664. The first kappa shape index (κ1) is 17.1. The Morgan fingerprint density at radius 2 is 1.83 bits per heavy atom. The topological polar surface area (TPSA) is 21.3 Å². The number of benzene rings is 3. The van der Waals surface area contributed by atoms with Crippen molar-refractivity contribution in [2.45, 2.75) is 13.0 Å². The van der Waals surface area contributed by atoms with Crippen LogP contribution in [-0.2, 0) is 13.0 Å². The molecule has 0 aliphatic carbocycles. The first-order valence-electron chi connectivity index (χ1n) is 7.88. The Labute approximate surface area is 152 Å². The van der Waals surface area contributed by atoms with E-state index < -0.39 is 0 Å². The Balaban J connectivity index is 1.69. The molecule has 1 N–H and O–H groups in total. The van der Waals surface area contributed by atoms with Crippen LogP contribution >= 0.6 is 23.2 Å². The zero-order valence-corrected chi connectivity index (χ0v) is 15.0. The molecule has 3 rings (SSSR count). The van der Waals surface area contributed by atoms with Crippen LogP contribution in [-0.4, -0.2) is 13.7 Å². The zero-order valence-electron chi connectivity index (χ0n) is 13.5. The molecule has 0 saturated carbocycles. The van der Waals surface area contributed by atoms with Crippen molar-refractivity contribution in [1.82, 2.24) is 5.32 Å². The van der Waals surface area contributed by atoms with E-state index in [1.807, 2.05) is 18.2 Å². The SMILES string of the molecule is COc1ccc2ccccc2c1CNCCc1ccc(Cl)cc1Cl. The largest absolute Gasteiger partial charge is 0.496 e. The van der Waals surface area contributed by atoms with Crippen molar-refractivity contribution in [2.75, 3.05) is 13.7 Å². The Bertz CT molecular complexity index is 848. The Kier molecular flexibility index (Phi) is 5.62. The smallest absolute Gasteiger partial charge is 0.123 e. The van der Waals surface area contributed by atoms with Crippen LogP contribution < -0.4 is 10.1 Å². The number of nitrogens with one attached hydrogen (secondary N) is 1. The molecular weight excluding hydrogens is 341 g/mol. The van der Waals surface area contributed by atoms with E-state index in [0.717, 1.165) is 30.8 Å². The number of ether oxygens (including phenoxy) is 1. The molecule has 0 amide bonds. The van der Waals surface area contributed by atoms with E-state index in [1.54, 1.807) is 13.2 Å². The molecule has 0 saturated heterocycles. The highest BCUT2D eigenvalue weighted by Gasteiger charge is 2.08. The third-order valence-corrected chi connectivity index (χ3v) is 4.69. The van der Waals surface area contributed by atoms with Gasteiger partial charge in [-0.3, -0.25) is 0 Å². The summed E-state index contributed by atoms with van der Waals surface area (Å²) < 4.78 is 5.53. The highest BCUT2D eigenvalue weighted by Crippen LogP contribution is 2.28. The summed E-state index contributed by atoms with van der Waals surface area (Å²) in [5, 5.41) is 7.30. The quantitative estimate of drug-likeness (QED) is 0.587. The predicted molar refractivity (Wildman–Crippen MR) is 102 cm³/mol. The highest BCUT2D eigenvalue weighted by atomic mass is 35.5. The summed E-state index contributed by atoms with van der Waals surface area (Å²) in [6.07, 6.45) is 0.850.